The minimum Gasteiger partial charge on any atom is -0.490 e. The highest BCUT2D eigenvalue weighted by Crippen LogP contribution is 2.47. The normalized spacial score (nSPS) is 22.2. The van der Waals surface area contributed by atoms with E-state index in [1.165, 1.54) is 6.07 Å². The second-order valence-corrected chi connectivity index (χ2v) is 11.6. The molecular formula is C24H33FN2O5S. The molecule has 4 rings (SSSR count). The minimum atomic E-state index is -3.47. The first-order valence-electron chi connectivity index (χ1n) is 12.0. The van der Waals surface area contributed by atoms with Gasteiger partial charge in [0.25, 0.3) is 0 Å². The molecule has 0 spiro atoms. The summed E-state index contributed by atoms with van der Waals surface area (Å²) in [5.41, 5.74) is 0.0956. The van der Waals surface area contributed by atoms with Gasteiger partial charge in [0.1, 0.15) is 0 Å². The van der Waals surface area contributed by atoms with E-state index in [9.17, 15) is 22.4 Å². The standard InChI is InChI=1S/C24H33FN2O5S/c25-20-10-9-19(15-21(20)32-16-17-6-7-17)24(12-13-24)27-33(30,31)14-4-2-1-3-5-18-8-11-22(28)26-23(18)29/h9-10,15,17-18,27H,1-8,11-14,16H2,(H,26,28,29). The summed E-state index contributed by atoms with van der Waals surface area (Å²) in [7, 11) is -3.47. The van der Waals surface area contributed by atoms with Gasteiger partial charge in [-0.1, -0.05) is 25.3 Å². The van der Waals surface area contributed by atoms with Gasteiger partial charge in [0.15, 0.2) is 11.6 Å². The second kappa shape index (κ2) is 10.1. The molecule has 1 atom stereocenters. The van der Waals surface area contributed by atoms with Gasteiger partial charge in [0, 0.05) is 12.3 Å². The maximum atomic E-state index is 14.1. The summed E-state index contributed by atoms with van der Waals surface area (Å²) in [4.78, 5) is 23.0. The maximum Gasteiger partial charge on any atom is 0.229 e. The number of nitrogens with one attached hydrogen (secondary N) is 2. The van der Waals surface area contributed by atoms with E-state index in [1.807, 2.05) is 0 Å². The fraction of sp³-hybridized carbons (Fsp3) is 0.667. The van der Waals surface area contributed by atoms with Crippen LogP contribution in [-0.4, -0.2) is 32.6 Å². The third-order valence-corrected chi connectivity index (χ3v) is 8.35. The van der Waals surface area contributed by atoms with Crippen molar-refractivity contribution in [3.8, 4) is 5.75 Å². The Morgan fingerprint density at radius 2 is 1.85 bits per heavy atom. The number of halogens is 1. The molecule has 182 valence electrons. The van der Waals surface area contributed by atoms with Gasteiger partial charge in [0.2, 0.25) is 21.8 Å². The fourth-order valence-electron chi connectivity index (χ4n) is 4.38. The molecule has 2 amide bonds. The van der Waals surface area contributed by atoms with E-state index in [-0.39, 0.29) is 29.2 Å². The van der Waals surface area contributed by atoms with E-state index in [1.54, 1.807) is 12.1 Å². The SMILES string of the molecule is O=C1CCC(CCCCCCS(=O)(=O)NC2(c3ccc(F)c(OCC4CC4)c3)CC2)C(=O)N1. The Labute approximate surface area is 194 Å². The average Bonchev–Trinajstić information content (AvgIpc) is 3.68. The highest BCUT2D eigenvalue weighted by Gasteiger charge is 2.47. The number of imide groups is 1. The summed E-state index contributed by atoms with van der Waals surface area (Å²) in [6.45, 7) is 0.503. The lowest BCUT2D eigenvalue weighted by Gasteiger charge is -2.20. The van der Waals surface area contributed by atoms with Gasteiger partial charge in [-0.2, -0.15) is 0 Å². The topological polar surface area (TPSA) is 102 Å². The number of ether oxygens (including phenoxy) is 1. The number of unbranched alkanes of at least 4 members (excludes halogenated alkanes) is 3. The lowest BCUT2D eigenvalue weighted by Crippen LogP contribution is -2.40. The molecule has 9 heteroatoms. The number of sulfonamides is 1. The van der Waals surface area contributed by atoms with Gasteiger partial charge in [-0.15, -0.1) is 0 Å². The molecule has 0 radical (unpaired) electrons. The molecular weight excluding hydrogens is 447 g/mol. The van der Waals surface area contributed by atoms with Crippen LogP contribution < -0.4 is 14.8 Å². The summed E-state index contributed by atoms with van der Waals surface area (Å²) < 4.78 is 48.0. The molecule has 1 aromatic rings. The first-order valence-corrected chi connectivity index (χ1v) is 13.7. The molecule has 33 heavy (non-hydrogen) atoms. The summed E-state index contributed by atoms with van der Waals surface area (Å²) in [5.74, 6) is -0.183. The Kier molecular flexibility index (Phi) is 7.38. The summed E-state index contributed by atoms with van der Waals surface area (Å²) in [6, 6.07) is 4.64. The highest BCUT2D eigenvalue weighted by molar-refractivity contribution is 7.89. The third-order valence-electron chi connectivity index (χ3n) is 6.83. The van der Waals surface area contributed by atoms with Gasteiger partial charge in [0.05, 0.1) is 17.9 Å². The lowest BCUT2D eigenvalue weighted by atomic mass is 9.92. The Morgan fingerprint density at radius 3 is 2.55 bits per heavy atom. The van der Waals surface area contributed by atoms with Crippen molar-refractivity contribution >= 4 is 21.8 Å². The van der Waals surface area contributed by atoms with Gasteiger partial charge in [-0.3, -0.25) is 14.9 Å². The zero-order chi connectivity index (χ0) is 23.5. The molecule has 1 heterocycles. The van der Waals surface area contributed by atoms with Crippen molar-refractivity contribution in [2.75, 3.05) is 12.4 Å². The number of hydrogen-bond acceptors (Lipinski definition) is 5. The molecule has 1 saturated heterocycles. The molecule has 1 aromatic carbocycles. The van der Waals surface area contributed by atoms with Crippen molar-refractivity contribution in [3.63, 3.8) is 0 Å². The summed E-state index contributed by atoms with van der Waals surface area (Å²) in [5, 5.41) is 2.37. The minimum absolute atomic E-state index is 0.0411. The summed E-state index contributed by atoms with van der Waals surface area (Å²) >= 11 is 0. The number of rotatable bonds is 13. The second-order valence-electron chi connectivity index (χ2n) is 9.75. The number of piperidine rings is 1. The molecule has 3 fully saturated rings. The van der Waals surface area contributed by atoms with Gasteiger partial charge in [-0.25, -0.2) is 17.5 Å². The van der Waals surface area contributed by atoms with E-state index in [4.69, 9.17) is 4.74 Å². The van der Waals surface area contributed by atoms with E-state index in [0.29, 0.717) is 44.6 Å². The van der Waals surface area contributed by atoms with Gasteiger partial charge >= 0.3 is 0 Å². The van der Waals surface area contributed by atoms with E-state index < -0.39 is 21.4 Å². The Bertz CT molecular complexity index is 989. The van der Waals surface area contributed by atoms with Crippen LogP contribution in [0.3, 0.4) is 0 Å². The van der Waals surface area contributed by atoms with Crippen LogP contribution in [0.25, 0.3) is 0 Å². The van der Waals surface area contributed by atoms with Gasteiger partial charge < -0.3 is 4.74 Å². The van der Waals surface area contributed by atoms with Crippen LogP contribution in [0.1, 0.15) is 76.2 Å². The van der Waals surface area contributed by atoms with Gasteiger partial charge in [-0.05, 0) is 68.6 Å². The van der Waals surface area contributed by atoms with Crippen molar-refractivity contribution in [1.82, 2.24) is 10.0 Å². The molecule has 2 N–H and O–H groups in total. The zero-order valence-corrected chi connectivity index (χ0v) is 19.7. The molecule has 3 aliphatic rings. The monoisotopic (exact) mass is 480 g/mol. The zero-order valence-electron chi connectivity index (χ0n) is 18.9. The van der Waals surface area contributed by atoms with Crippen LogP contribution in [-0.2, 0) is 25.2 Å². The largest absolute Gasteiger partial charge is 0.490 e. The Morgan fingerprint density at radius 1 is 1.09 bits per heavy atom. The fourth-order valence-corrected chi connectivity index (χ4v) is 5.98. The smallest absolute Gasteiger partial charge is 0.229 e. The van der Waals surface area contributed by atoms with Crippen molar-refractivity contribution in [3.05, 3.63) is 29.6 Å². The molecule has 0 aromatic heterocycles. The van der Waals surface area contributed by atoms with Crippen molar-refractivity contribution in [2.24, 2.45) is 11.8 Å². The number of carbonyl (C=O) groups is 2. The van der Waals surface area contributed by atoms with Crippen molar-refractivity contribution in [2.45, 2.75) is 76.2 Å². The first-order chi connectivity index (χ1) is 15.8. The quantitative estimate of drug-likeness (QED) is 0.332. The van der Waals surface area contributed by atoms with Crippen LogP contribution in [0, 0.1) is 17.7 Å². The first kappa shape index (κ1) is 24.1. The van der Waals surface area contributed by atoms with Crippen molar-refractivity contribution in [1.29, 1.82) is 0 Å². The predicted molar refractivity (Wildman–Crippen MR) is 121 cm³/mol. The predicted octanol–water partition coefficient (Wildman–Crippen LogP) is 3.53. The lowest BCUT2D eigenvalue weighted by molar-refractivity contribution is -0.136. The number of amides is 2. The summed E-state index contributed by atoms with van der Waals surface area (Å²) in [6.07, 6.45) is 8.30. The molecule has 2 aliphatic carbocycles. The Hall–Kier alpha value is -2.00. The van der Waals surface area contributed by atoms with Crippen LogP contribution in [0.5, 0.6) is 5.75 Å². The average molecular weight is 481 g/mol. The van der Waals surface area contributed by atoms with E-state index in [0.717, 1.165) is 44.1 Å². The molecule has 7 nitrogen and oxygen atoms in total. The number of carbonyl (C=O) groups excluding carboxylic acids is 2. The van der Waals surface area contributed by atoms with Crippen molar-refractivity contribution < 1.29 is 27.1 Å². The van der Waals surface area contributed by atoms with Crippen LogP contribution in [0.15, 0.2) is 18.2 Å². The molecule has 1 aliphatic heterocycles. The third kappa shape index (κ3) is 6.76. The van der Waals surface area contributed by atoms with E-state index in [2.05, 4.69) is 10.0 Å². The van der Waals surface area contributed by atoms with Crippen LogP contribution in [0.2, 0.25) is 0 Å². The van der Waals surface area contributed by atoms with E-state index >= 15 is 0 Å². The number of benzene rings is 1. The molecule has 2 saturated carbocycles. The highest BCUT2D eigenvalue weighted by atomic mass is 32.2. The van der Waals surface area contributed by atoms with Crippen LogP contribution >= 0.6 is 0 Å². The molecule has 0 bridgehead atoms. The number of hydrogen-bond donors (Lipinski definition) is 2. The Balaban J connectivity index is 1.20. The van der Waals surface area contributed by atoms with Crippen LogP contribution in [0.4, 0.5) is 4.39 Å². The maximum absolute atomic E-state index is 14.1. The molecule has 1 unspecified atom stereocenters.